The Kier molecular flexibility index (Phi) is 5.34. The molecule has 0 aliphatic carbocycles. The number of halogens is 2. The summed E-state index contributed by atoms with van der Waals surface area (Å²) in [7, 11) is 0. The van der Waals surface area contributed by atoms with Crippen LogP contribution >= 0.6 is 23.2 Å². The molecule has 2 aromatic rings. The molecule has 2 heterocycles. The quantitative estimate of drug-likeness (QED) is 0.825. The van der Waals surface area contributed by atoms with Gasteiger partial charge in [0.2, 0.25) is 0 Å². The molecule has 1 aromatic carbocycles. The Balaban J connectivity index is 1.80. The number of carbonyl (C=O) groups excluding carboxylic acids is 1. The van der Waals surface area contributed by atoms with E-state index in [1.165, 1.54) is 11.0 Å². The van der Waals surface area contributed by atoms with E-state index < -0.39 is 6.09 Å². The van der Waals surface area contributed by atoms with Crippen molar-refractivity contribution in [1.82, 2.24) is 15.1 Å². The third-order valence-corrected chi connectivity index (χ3v) is 3.70. The molecule has 1 amide bonds. The lowest BCUT2D eigenvalue weighted by Crippen LogP contribution is -2.42. The third kappa shape index (κ3) is 4.05. The minimum atomic E-state index is -0.536. The lowest BCUT2D eigenvalue weighted by molar-refractivity contribution is 0.0413. The molecule has 0 saturated carbocycles. The van der Waals surface area contributed by atoms with Crippen molar-refractivity contribution < 1.29 is 19.0 Å². The first-order valence-electron chi connectivity index (χ1n) is 7.13. The summed E-state index contributed by atoms with van der Waals surface area (Å²) in [4.78, 5) is 13.8. The van der Waals surface area contributed by atoms with Gasteiger partial charge in [-0.3, -0.25) is 0 Å². The number of aromatic nitrogens is 2. The standard InChI is InChI=1S/C15H13Cl2N3O4/c16-10-3-1-2-4-11(10)23-14-12(9-13(17)18-19-14)24-15(21)20-5-7-22-8-6-20/h1-4,9H,5-8H2. The van der Waals surface area contributed by atoms with Crippen LogP contribution in [-0.2, 0) is 4.74 Å². The van der Waals surface area contributed by atoms with Gasteiger partial charge in [0.25, 0.3) is 5.88 Å². The fourth-order valence-corrected chi connectivity index (χ4v) is 2.33. The van der Waals surface area contributed by atoms with E-state index in [1.807, 2.05) is 0 Å². The predicted molar refractivity (Wildman–Crippen MR) is 87.0 cm³/mol. The number of benzene rings is 1. The van der Waals surface area contributed by atoms with Gasteiger partial charge in [0.1, 0.15) is 5.75 Å². The molecular formula is C15H13Cl2N3O4. The van der Waals surface area contributed by atoms with E-state index in [4.69, 9.17) is 37.4 Å². The van der Waals surface area contributed by atoms with E-state index in [9.17, 15) is 4.79 Å². The second-order valence-electron chi connectivity index (χ2n) is 4.84. The molecule has 1 aliphatic heterocycles. The van der Waals surface area contributed by atoms with Gasteiger partial charge in [-0.1, -0.05) is 35.3 Å². The first-order chi connectivity index (χ1) is 11.6. The van der Waals surface area contributed by atoms with Crippen LogP contribution < -0.4 is 9.47 Å². The van der Waals surface area contributed by atoms with Gasteiger partial charge in [-0.2, -0.15) is 0 Å². The van der Waals surface area contributed by atoms with Crippen LogP contribution in [0.15, 0.2) is 30.3 Å². The Hall–Kier alpha value is -2.09. The zero-order chi connectivity index (χ0) is 16.9. The molecule has 9 heteroatoms. The van der Waals surface area contributed by atoms with Crippen LogP contribution in [-0.4, -0.2) is 47.5 Å². The van der Waals surface area contributed by atoms with Gasteiger partial charge in [0.05, 0.1) is 18.2 Å². The summed E-state index contributed by atoms with van der Waals surface area (Å²) < 4.78 is 16.2. The van der Waals surface area contributed by atoms with E-state index >= 15 is 0 Å². The van der Waals surface area contributed by atoms with Crippen molar-refractivity contribution in [2.24, 2.45) is 0 Å². The Morgan fingerprint density at radius 1 is 1.12 bits per heavy atom. The number of nitrogens with zero attached hydrogens (tertiary/aromatic N) is 3. The zero-order valence-electron chi connectivity index (χ0n) is 12.4. The fraction of sp³-hybridized carbons (Fsp3) is 0.267. The van der Waals surface area contributed by atoms with Crippen LogP contribution in [0.5, 0.6) is 17.4 Å². The summed E-state index contributed by atoms with van der Waals surface area (Å²) in [6, 6.07) is 8.21. The highest BCUT2D eigenvalue weighted by molar-refractivity contribution is 6.32. The highest BCUT2D eigenvalue weighted by Crippen LogP contribution is 2.34. The highest BCUT2D eigenvalue weighted by atomic mass is 35.5. The molecule has 24 heavy (non-hydrogen) atoms. The molecule has 1 saturated heterocycles. The van der Waals surface area contributed by atoms with Crippen molar-refractivity contribution >= 4 is 29.3 Å². The number of hydrogen-bond acceptors (Lipinski definition) is 6. The van der Waals surface area contributed by atoms with Crippen molar-refractivity contribution in [3.05, 3.63) is 40.5 Å². The Labute approximate surface area is 148 Å². The first-order valence-corrected chi connectivity index (χ1v) is 7.89. The summed E-state index contributed by atoms with van der Waals surface area (Å²) in [6.07, 6.45) is -0.536. The predicted octanol–water partition coefficient (Wildman–Crippen LogP) is 3.41. The van der Waals surface area contributed by atoms with Gasteiger partial charge in [-0.05, 0) is 12.1 Å². The van der Waals surface area contributed by atoms with Crippen molar-refractivity contribution in [3.8, 4) is 17.4 Å². The van der Waals surface area contributed by atoms with Crippen molar-refractivity contribution in [2.75, 3.05) is 26.3 Å². The van der Waals surface area contributed by atoms with E-state index in [2.05, 4.69) is 10.2 Å². The van der Waals surface area contributed by atoms with Crippen LogP contribution in [0.3, 0.4) is 0 Å². The van der Waals surface area contributed by atoms with E-state index in [0.29, 0.717) is 37.1 Å². The van der Waals surface area contributed by atoms with Crippen LogP contribution in [0, 0.1) is 0 Å². The number of rotatable bonds is 3. The SMILES string of the molecule is O=C(Oc1cc(Cl)nnc1Oc1ccccc1Cl)N1CCOCC1. The van der Waals surface area contributed by atoms with Gasteiger partial charge >= 0.3 is 6.09 Å². The number of hydrogen-bond donors (Lipinski definition) is 0. The second kappa shape index (κ2) is 7.65. The number of ether oxygens (including phenoxy) is 3. The van der Waals surface area contributed by atoms with Gasteiger partial charge in [-0.15, -0.1) is 10.2 Å². The van der Waals surface area contributed by atoms with Crippen molar-refractivity contribution in [3.63, 3.8) is 0 Å². The van der Waals surface area contributed by atoms with Crippen LogP contribution in [0.25, 0.3) is 0 Å². The molecule has 0 unspecified atom stereocenters. The lowest BCUT2D eigenvalue weighted by Gasteiger charge is -2.25. The molecule has 0 atom stereocenters. The van der Waals surface area contributed by atoms with E-state index in [0.717, 1.165) is 0 Å². The molecule has 1 aliphatic rings. The van der Waals surface area contributed by atoms with Gasteiger partial charge in [0, 0.05) is 19.2 Å². The molecule has 1 aromatic heterocycles. The zero-order valence-corrected chi connectivity index (χ0v) is 14.0. The van der Waals surface area contributed by atoms with Crippen molar-refractivity contribution in [2.45, 2.75) is 0 Å². The molecule has 0 spiro atoms. The summed E-state index contributed by atoms with van der Waals surface area (Å²) >= 11 is 11.9. The van der Waals surface area contributed by atoms with Crippen LogP contribution in [0.1, 0.15) is 0 Å². The lowest BCUT2D eigenvalue weighted by atomic mass is 10.3. The number of morpholine rings is 1. The molecule has 126 valence electrons. The second-order valence-corrected chi connectivity index (χ2v) is 5.63. The first kappa shape index (κ1) is 16.8. The number of amides is 1. The van der Waals surface area contributed by atoms with Crippen LogP contribution in [0.4, 0.5) is 4.79 Å². The summed E-state index contributed by atoms with van der Waals surface area (Å²) in [5.41, 5.74) is 0. The van der Waals surface area contributed by atoms with Crippen molar-refractivity contribution in [1.29, 1.82) is 0 Å². The Morgan fingerprint density at radius 3 is 2.62 bits per heavy atom. The molecule has 0 radical (unpaired) electrons. The highest BCUT2D eigenvalue weighted by Gasteiger charge is 2.22. The monoisotopic (exact) mass is 369 g/mol. The largest absolute Gasteiger partial charge is 0.433 e. The molecule has 3 rings (SSSR count). The van der Waals surface area contributed by atoms with E-state index in [1.54, 1.807) is 24.3 Å². The topological polar surface area (TPSA) is 73.8 Å². The normalized spacial score (nSPS) is 14.3. The maximum Gasteiger partial charge on any atom is 0.415 e. The summed E-state index contributed by atoms with van der Waals surface area (Å²) in [5, 5.41) is 8.00. The summed E-state index contributed by atoms with van der Waals surface area (Å²) in [6.45, 7) is 1.83. The molecule has 7 nitrogen and oxygen atoms in total. The number of para-hydroxylation sites is 1. The molecule has 1 fully saturated rings. The third-order valence-electron chi connectivity index (χ3n) is 3.21. The smallest absolute Gasteiger partial charge is 0.415 e. The molecular weight excluding hydrogens is 357 g/mol. The van der Waals surface area contributed by atoms with Gasteiger partial charge in [0.15, 0.2) is 10.9 Å². The maximum atomic E-state index is 12.2. The fourth-order valence-electron chi connectivity index (χ4n) is 2.02. The average molecular weight is 370 g/mol. The molecule has 0 bridgehead atoms. The average Bonchev–Trinajstić information content (AvgIpc) is 2.60. The van der Waals surface area contributed by atoms with E-state index in [-0.39, 0.29) is 16.8 Å². The Bertz CT molecular complexity index is 738. The van der Waals surface area contributed by atoms with Gasteiger partial charge in [-0.25, -0.2) is 4.79 Å². The van der Waals surface area contributed by atoms with Gasteiger partial charge < -0.3 is 19.1 Å². The minimum Gasteiger partial charge on any atom is -0.433 e. The van der Waals surface area contributed by atoms with Crippen LogP contribution in [0.2, 0.25) is 10.2 Å². The summed E-state index contributed by atoms with van der Waals surface area (Å²) in [5.74, 6) is 0.417. The maximum absolute atomic E-state index is 12.2. The Morgan fingerprint density at radius 2 is 1.88 bits per heavy atom. The minimum absolute atomic E-state index is 0.00545. The molecule has 0 N–H and O–H groups in total. The number of carbonyl (C=O) groups is 1.